The average Bonchev–Trinajstić information content (AvgIpc) is 2.42. The minimum atomic E-state index is -0.558. The summed E-state index contributed by atoms with van der Waals surface area (Å²) in [7, 11) is 0. The standard InChI is InChI=1S/C14H19FN2O2/c15-13-4-3-11(14(16)18)6-12(13)9-19-8-10-2-1-5-17-7-10/h3-4,6,10,17H,1-2,5,7-9H2,(H2,16,18). The lowest BCUT2D eigenvalue weighted by molar-refractivity contribution is 0.0765. The van der Waals surface area contributed by atoms with E-state index in [1.54, 1.807) is 0 Å². The molecule has 1 aromatic rings. The number of benzene rings is 1. The van der Waals surface area contributed by atoms with Crippen molar-refractivity contribution in [3.8, 4) is 0 Å². The number of ether oxygens (including phenoxy) is 1. The number of carbonyl (C=O) groups is 1. The van der Waals surface area contributed by atoms with Crippen molar-refractivity contribution < 1.29 is 13.9 Å². The van der Waals surface area contributed by atoms with Crippen molar-refractivity contribution in [1.82, 2.24) is 5.32 Å². The summed E-state index contributed by atoms with van der Waals surface area (Å²) in [5, 5.41) is 3.30. The molecule has 1 amide bonds. The monoisotopic (exact) mass is 266 g/mol. The SMILES string of the molecule is NC(=O)c1ccc(F)c(COCC2CCCNC2)c1. The van der Waals surface area contributed by atoms with E-state index < -0.39 is 5.91 Å². The number of halogens is 1. The van der Waals surface area contributed by atoms with Crippen LogP contribution in [0.1, 0.15) is 28.8 Å². The molecule has 1 fully saturated rings. The Hall–Kier alpha value is -1.46. The quantitative estimate of drug-likeness (QED) is 0.847. The summed E-state index contributed by atoms with van der Waals surface area (Å²) in [6, 6.07) is 4.09. The second kappa shape index (κ2) is 6.63. The molecule has 1 saturated heterocycles. The van der Waals surface area contributed by atoms with Crippen LogP contribution in [-0.2, 0) is 11.3 Å². The third-order valence-corrected chi connectivity index (χ3v) is 3.34. The van der Waals surface area contributed by atoms with Crippen molar-refractivity contribution in [3.63, 3.8) is 0 Å². The number of amides is 1. The highest BCUT2D eigenvalue weighted by Gasteiger charge is 2.13. The molecule has 0 aromatic heterocycles. The second-order valence-corrected chi connectivity index (χ2v) is 4.90. The van der Waals surface area contributed by atoms with Gasteiger partial charge in [0, 0.05) is 17.7 Å². The summed E-state index contributed by atoms with van der Waals surface area (Å²) in [4.78, 5) is 11.0. The molecule has 1 unspecified atom stereocenters. The van der Waals surface area contributed by atoms with Crippen LogP contribution in [0.15, 0.2) is 18.2 Å². The Bertz CT molecular complexity index is 445. The van der Waals surface area contributed by atoms with E-state index in [-0.39, 0.29) is 12.4 Å². The van der Waals surface area contributed by atoms with Gasteiger partial charge in [-0.15, -0.1) is 0 Å². The van der Waals surface area contributed by atoms with Gasteiger partial charge in [-0.2, -0.15) is 0 Å². The van der Waals surface area contributed by atoms with Gasteiger partial charge in [0.2, 0.25) is 5.91 Å². The van der Waals surface area contributed by atoms with E-state index >= 15 is 0 Å². The molecule has 0 spiro atoms. The normalized spacial score (nSPS) is 19.3. The largest absolute Gasteiger partial charge is 0.376 e. The Morgan fingerprint density at radius 3 is 3.05 bits per heavy atom. The topological polar surface area (TPSA) is 64.4 Å². The Morgan fingerprint density at radius 2 is 2.37 bits per heavy atom. The van der Waals surface area contributed by atoms with E-state index in [1.807, 2.05) is 0 Å². The summed E-state index contributed by atoms with van der Waals surface area (Å²) in [6.07, 6.45) is 2.29. The number of hydrogen-bond donors (Lipinski definition) is 2. The smallest absolute Gasteiger partial charge is 0.248 e. The molecule has 4 nitrogen and oxygen atoms in total. The Kier molecular flexibility index (Phi) is 4.87. The predicted octanol–water partition coefficient (Wildman–Crippen LogP) is 1.44. The average molecular weight is 266 g/mol. The van der Waals surface area contributed by atoms with Gasteiger partial charge in [0.1, 0.15) is 5.82 Å². The summed E-state index contributed by atoms with van der Waals surface area (Å²) in [6.45, 7) is 2.78. The van der Waals surface area contributed by atoms with Crippen molar-refractivity contribution >= 4 is 5.91 Å². The Labute approximate surface area is 112 Å². The van der Waals surface area contributed by atoms with Crippen LogP contribution >= 0.6 is 0 Å². The zero-order chi connectivity index (χ0) is 13.7. The molecule has 1 heterocycles. The maximum atomic E-state index is 13.6. The Morgan fingerprint density at radius 1 is 1.53 bits per heavy atom. The maximum absolute atomic E-state index is 13.6. The lowest BCUT2D eigenvalue weighted by Gasteiger charge is -2.22. The third kappa shape index (κ3) is 4.01. The number of primary amides is 1. The summed E-state index contributed by atoms with van der Waals surface area (Å²) >= 11 is 0. The van der Waals surface area contributed by atoms with Gasteiger partial charge in [0.05, 0.1) is 13.2 Å². The molecule has 1 atom stereocenters. The number of hydrogen-bond acceptors (Lipinski definition) is 3. The minimum Gasteiger partial charge on any atom is -0.376 e. The fourth-order valence-corrected chi connectivity index (χ4v) is 2.24. The summed E-state index contributed by atoms with van der Waals surface area (Å²) in [5.74, 6) is -0.444. The number of carbonyl (C=O) groups excluding carboxylic acids is 1. The van der Waals surface area contributed by atoms with Crippen LogP contribution in [0.5, 0.6) is 0 Å². The van der Waals surface area contributed by atoms with Gasteiger partial charge < -0.3 is 15.8 Å². The van der Waals surface area contributed by atoms with E-state index in [9.17, 15) is 9.18 Å². The fourth-order valence-electron chi connectivity index (χ4n) is 2.24. The molecule has 0 saturated carbocycles. The molecule has 5 heteroatoms. The molecule has 19 heavy (non-hydrogen) atoms. The molecular weight excluding hydrogens is 247 g/mol. The van der Waals surface area contributed by atoms with Gasteiger partial charge in [-0.25, -0.2) is 4.39 Å². The van der Waals surface area contributed by atoms with E-state index in [0.717, 1.165) is 25.9 Å². The van der Waals surface area contributed by atoms with E-state index in [4.69, 9.17) is 10.5 Å². The second-order valence-electron chi connectivity index (χ2n) is 4.90. The van der Waals surface area contributed by atoms with Crippen LogP contribution in [0.2, 0.25) is 0 Å². The molecule has 0 radical (unpaired) electrons. The molecule has 0 aliphatic carbocycles. The van der Waals surface area contributed by atoms with Crippen molar-refractivity contribution in [2.45, 2.75) is 19.4 Å². The first-order valence-corrected chi connectivity index (χ1v) is 6.53. The van der Waals surface area contributed by atoms with Crippen LogP contribution in [0.4, 0.5) is 4.39 Å². The van der Waals surface area contributed by atoms with Crippen LogP contribution in [0.25, 0.3) is 0 Å². The molecular formula is C14H19FN2O2. The molecule has 104 valence electrons. The molecule has 1 aliphatic heterocycles. The van der Waals surface area contributed by atoms with Crippen LogP contribution in [-0.4, -0.2) is 25.6 Å². The van der Waals surface area contributed by atoms with Crippen molar-refractivity contribution in [2.24, 2.45) is 11.7 Å². The first-order valence-electron chi connectivity index (χ1n) is 6.53. The first-order chi connectivity index (χ1) is 9.16. The highest BCUT2D eigenvalue weighted by atomic mass is 19.1. The number of nitrogens with one attached hydrogen (secondary N) is 1. The molecule has 0 bridgehead atoms. The number of piperidine rings is 1. The fraction of sp³-hybridized carbons (Fsp3) is 0.500. The van der Waals surface area contributed by atoms with Gasteiger partial charge >= 0.3 is 0 Å². The Balaban J connectivity index is 1.87. The van der Waals surface area contributed by atoms with Crippen molar-refractivity contribution in [1.29, 1.82) is 0 Å². The van der Waals surface area contributed by atoms with E-state index in [1.165, 1.54) is 18.2 Å². The van der Waals surface area contributed by atoms with Gasteiger partial charge in [0.15, 0.2) is 0 Å². The van der Waals surface area contributed by atoms with Gasteiger partial charge in [-0.1, -0.05) is 0 Å². The van der Waals surface area contributed by atoms with E-state index in [0.29, 0.717) is 23.7 Å². The number of nitrogens with two attached hydrogens (primary N) is 1. The van der Waals surface area contributed by atoms with Crippen molar-refractivity contribution in [3.05, 3.63) is 35.1 Å². The van der Waals surface area contributed by atoms with Crippen LogP contribution < -0.4 is 11.1 Å². The summed E-state index contributed by atoms with van der Waals surface area (Å²) in [5.41, 5.74) is 5.85. The lowest BCUT2D eigenvalue weighted by Crippen LogP contribution is -2.32. The maximum Gasteiger partial charge on any atom is 0.248 e. The van der Waals surface area contributed by atoms with E-state index in [2.05, 4.69) is 5.32 Å². The van der Waals surface area contributed by atoms with Crippen LogP contribution in [0, 0.1) is 11.7 Å². The highest BCUT2D eigenvalue weighted by molar-refractivity contribution is 5.92. The molecule has 2 rings (SSSR count). The van der Waals surface area contributed by atoms with Gasteiger partial charge in [-0.05, 0) is 43.5 Å². The zero-order valence-corrected chi connectivity index (χ0v) is 10.8. The lowest BCUT2D eigenvalue weighted by atomic mass is 10.0. The third-order valence-electron chi connectivity index (χ3n) is 3.34. The van der Waals surface area contributed by atoms with Gasteiger partial charge in [0.25, 0.3) is 0 Å². The molecule has 3 N–H and O–H groups in total. The molecule has 1 aliphatic rings. The molecule has 1 aromatic carbocycles. The summed E-state index contributed by atoms with van der Waals surface area (Å²) < 4.78 is 19.1. The predicted molar refractivity (Wildman–Crippen MR) is 70.2 cm³/mol. The van der Waals surface area contributed by atoms with Gasteiger partial charge in [-0.3, -0.25) is 4.79 Å². The van der Waals surface area contributed by atoms with Crippen LogP contribution in [0.3, 0.4) is 0 Å². The first kappa shape index (κ1) is 14.0. The highest BCUT2D eigenvalue weighted by Crippen LogP contribution is 2.14. The van der Waals surface area contributed by atoms with Crippen molar-refractivity contribution in [2.75, 3.05) is 19.7 Å². The number of rotatable bonds is 5. The minimum absolute atomic E-state index is 0.170. The zero-order valence-electron chi connectivity index (χ0n) is 10.8.